The number of hydrogen-bond donors (Lipinski definition) is 4. The topological polar surface area (TPSA) is 161 Å². The lowest BCUT2D eigenvalue weighted by molar-refractivity contribution is 0.0994. The Morgan fingerprint density at radius 2 is 2.00 bits per heavy atom. The van der Waals surface area contributed by atoms with E-state index in [1.807, 2.05) is 6.07 Å². The molecule has 12 nitrogen and oxygen atoms in total. The Kier molecular flexibility index (Phi) is 6.39. The number of nitrogens with two attached hydrogens (primary N) is 2. The van der Waals surface area contributed by atoms with Crippen LogP contribution in [0.1, 0.15) is 65.4 Å². The van der Waals surface area contributed by atoms with Crippen molar-refractivity contribution >= 4 is 29.0 Å². The highest BCUT2D eigenvalue weighted by atomic mass is 16.2. The van der Waals surface area contributed by atoms with E-state index >= 15 is 0 Å². The zero-order valence-electron chi connectivity index (χ0n) is 19.9. The smallest absolute Gasteiger partial charge is 0.271 e. The van der Waals surface area contributed by atoms with E-state index in [0.717, 1.165) is 51.6 Å². The maximum Gasteiger partial charge on any atom is 0.271 e. The third-order valence-corrected chi connectivity index (χ3v) is 6.95. The molecular weight excluding hydrogens is 448 g/mol. The Morgan fingerprint density at radius 3 is 2.77 bits per heavy atom. The summed E-state index contributed by atoms with van der Waals surface area (Å²) in [6.45, 7) is 1.83. The lowest BCUT2D eigenvalue weighted by Gasteiger charge is -2.29. The van der Waals surface area contributed by atoms with Crippen LogP contribution in [-0.2, 0) is 0 Å². The number of nitrogens with one attached hydrogen (secondary N) is 2. The summed E-state index contributed by atoms with van der Waals surface area (Å²) >= 11 is 0. The molecule has 1 saturated carbocycles. The van der Waals surface area contributed by atoms with Crippen molar-refractivity contribution in [3.8, 4) is 0 Å². The van der Waals surface area contributed by atoms with Crippen molar-refractivity contribution in [1.82, 2.24) is 29.3 Å². The van der Waals surface area contributed by atoms with Gasteiger partial charge in [0.15, 0.2) is 11.3 Å². The second-order valence-corrected chi connectivity index (χ2v) is 9.59. The van der Waals surface area contributed by atoms with Crippen molar-refractivity contribution in [2.75, 3.05) is 30.8 Å². The molecule has 3 aromatic heterocycles. The first kappa shape index (κ1) is 23.2. The molecule has 3 atom stereocenters. The van der Waals surface area contributed by atoms with Crippen LogP contribution in [-0.4, -0.2) is 73.3 Å². The average molecular weight is 481 g/mol. The van der Waals surface area contributed by atoms with Gasteiger partial charge in [0.05, 0.1) is 17.9 Å². The van der Waals surface area contributed by atoms with Crippen molar-refractivity contribution in [1.29, 1.82) is 0 Å². The zero-order valence-corrected chi connectivity index (χ0v) is 19.9. The predicted molar refractivity (Wildman–Crippen MR) is 131 cm³/mol. The SMILES string of the molecule is CN1CCCC(n2cc(NC(=O)c3cnn4ccc(N[C@@H]5CCCC[C@@H]5N)nc34)c(C(N)=O)n2)C1. The van der Waals surface area contributed by atoms with Crippen molar-refractivity contribution in [2.45, 2.75) is 56.7 Å². The van der Waals surface area contributed by atoms with E-state index in [1.165, 1.54) is 10.7 Å². The van der Waals surface area contributed by atoms with Gasteiger partial charge in [-0.2, -0.15) is 10.2 Å². The summed E-state index contributed by atoms with van der Waals surface area (Å²) < 4.78 is 3.27. The minimum absolute atomic E-state index is 0.0321. The second kappa shape index (κ2) is 9.62. The number of hydrogen-bond acceptors (Lipinski definition) is 8. The van der Waals surface area contributed by atoms with Crippen LogP contribution in [0.2, 0.25) is 0 Å². The molecule has 4 heterocycles. The largest absolute Gasteiger partial charge is 0.366 e. The molecule has 3 aromatic rings. The van der Waals surface area contributed by atoms with Crippen molar-refractivity contribution in [3.05, 3.63) is 35.9 Å². The molecule has 0 aromatic carbocycles. The fourth-order valence-electron chi connectivity index (χ4n) is 5.04. The van der Waals surface area contributed by atoms with E-state index in [9.17, 15) is 9.59 Å². The summed E-state index contributed by atoms with van der Waals surface area (Å²) in [7, 11) is 2.05. The van der Waals surface area contributed by atoms with Crippen LogP contribution in [0.15, 0.2) is 24.7 Å². The van der Waals surface area contributed by atoms with E-state index in [2.05, 4.69) is 37.8 Å². The van der Waals surface area contributed by atoms with Gasteiger partial charge in [-0.3, -0.25) is 14.3 Å². The number of rotatable bonds is 6. The molecule has 2 fully saturated rings. The normalized spacial score (nSPS) is 23.3. The van der Waals surface area contributed by atoms with Crippen LogP contribution in [0.3, 0.4) is 0 Å². The quantitative estimate of drug-likeness (QED) is 0.409. The molecule has 1 aliphatic heterocycles. The maximum absolute atomic E-state index is 13.2. The van der Waals surface area contributed by atoms with E-state index in [0.29, 0.717) is 11.5 Å². The van der Waals surface area contributed by atoms with Gasteiger partial charge >= 0.3 is 0 Å². The molecule has 2 amide bonds. The molecule has 0 bridgehead atoms. The summed E-state index contributed by atoms with van der Waals surface area (Å²) in [5, 5.41) is 14.8. The molecule has 12 heteroatoms. The van der Waals surface area contributed by atoms with Gasteiger partial charge < -0.3 is 27.0 Å². The van der Waals surface area contributed by atoms with E-state index in [4.69, 9.17) is 11.5 Å². The first-order valence-corrected chi connectivity index (χ1v) is 12.1. The molecule has 2 aliphatic rings. The molecular formula is C23H32N10O2. The van der Waals surface area contributed by atoms with Crippen LogP contribution in [0.25, 0.3) is 5.65 Å². The van der Waals surface area contributed by atoms with Gasteiger partial charge in [-0.15, -0.1) is 0 Å². The monoisotopic (exact) mass is 480 g/mol. The summed E-state index contributed by atoms with van der Waals surface area (Å²) in [4.78, 5) is 32.1. The van der Waals surface area contributed by atoms with Crippen LogP contribution in [0.4, 0.5) is 11.5 Å². The Bertz CT molecular complexity index is 1230. The Balaban J connectivity index is 1.38. The van der Waals surface area contributed by atoms with Gasteiger partial charge in [-0.05, 0) is 45.3 Å². The predicted octanol–water partition coefficient (Wildman–Crippen LogP) is 1.23. The first-order valence-electron chi connectivity index (χ1n) is 12.1. The molecule has 1 unspecified atom stereocenters. The third kappa shape index (κ3) is 4.84. The fourth-order valence-corrected chi connectivity index (χ4v) is 5.04. The maximum atomic E-state index is 13.2. The average Bonchev–Trinajstić information content (AvgIpc) is 3.45. The van der Waals surface area contributed by atoms with Gasteiger partial charge in [0.1, 0.15) is 11.4 Å². The fraction of sp³-hybridized carbons (Fsp3) is 0.522. The number of nitrogens with zero attached hydrogens (tertiary/aromatic N) is 6. The minimum atomic E-state index is -0.698. The lowest BCUT2D eigenvalue weighted by Crippen LogP contribution is -2.42. The highest BCUT2D eigenvalue weighted by Crippen LogP contribution is 2.25. The highest BCUT2D eigenvalue weighted by Gasteiger charge is 2.26. The minimum Gasteiger partial charge on any atom is -0.366 e. The molecule has 6 N–H and O–H groups in total. The van der Waals surface area contributed by atoms with Crippen LogP contribution in [0.5, 0.6) is 0 Å². The molecule has 35 heavy (non-hydrogen) atoms. The molecule has 0 spiro atoms. The number of piperidine rings is 1. The molecule has 1 saturated heterocycles. The van der Waals surface area contributed by atoms with E-state index in [1.54, 1.807) is 17.1 Å². The van der Waals surface area contributed by atoms with Gasteiger partial charge in [0, 0.05) is 31.0 Å². The Hall–Kier alpha value is -3.51. The summed E-state index contributed by atoms with van der Waals surface area (Å²) in [5.41, 5.74) is 12.8. The number of likely N-dealkylation sites (tertiary alicyclic amines) is 1. The first-order chi connectivity index (χ1) is 16.9. The van der Waals surface area contributed by atoms with E-state index in [-0.39, 0.29) is 35.1 Å². The number of carbonyl (C=O) groups excluding carboxylic acids is 2. The number of fused-ring (bicyclic) bond motifs is 1. The summed E-state index contributed by atoms with van der Waals surface area (Å²) in [6, 6.07) is 2.14. The van der Waals surface area contributed by atoms with Gasteiger partial charge in [-0.1, -0.05) is 12.8 Å². The molecule has 5 rings (SSSR count). The van der Waals surface area contributed by atoms with Crippen molar-refractivity contribution in [3.63, 3.8) is 0 Å². The molecule has 186 valence electrons. The number of carbonyl (C=O) groups is 2. The van der Waals surface area contributed by atoms with Crippen LogP contribution < -0.4 is 22.1 Å². The van der Waals surface area contributed by atoms with Crippen LogP contribution >= 0.6 is 0 Å². The number of aromatic nitrogens is 5. The standard InChI is InChI=1S/C23H32N10O2/c1-31-9-4-5-14(12-31)33-13-18(20(30-33)21(25)34)28-23(35)15-11-26-32-10-8-19(29-22(15)32)27-17-7-3-2-6-16(17)24/h8,10-11,13-14,16-17H,2-7,9,12,24H2,1H3,(H2,25,34)(H,27,29)(H,28,35)/t14?,16-,17+/m0/s1. The van der Waals surface area contributed by atoms with Gasteiger partial charge in [-0.25, -0.2) is 9.50 Å². The number of amides is 2. The zero-order chi connectivity index (χ0) is 24.5. The van der Waals surface area contributed by atoms with Crippen molar-refractivity contribution < 1.29 is 9.59 Å². The third-order valence-electron chi connectivity index (χ3n) is 6.95. The lowest BCUT2D eigenvalue weighted by atomic mass is 9.91. The number of likely N-dealkylation sites (N-methyl/N-ethyl adjacent to an activating group) is 1. The van der Waals surface area contributed by atoms with Gasteiger partial charge in [0.2, 0.25) is 0 Å². The number of anilines is 2. The highest BCUT2D eigenvalue weighted by molar-refractivity contribution is 6.10. The van der Waals surface area contributed by atoms with Crippen LogP contribution in [0, 0.1) is 0 Å². The second-order valence-electron chi connectivity index (χ2n) is 9.59. The Labute approximate surface area is 203 Å². The van der Waals surface area contributed by atoms with E-state index < -0.39 is 11.8 Å². The number of primary amides is 1. The molecule has 0 radical (unpaired) electrons. The molecule has 1 aliphatic carbocycles. The summed E-state index contributed by atoms with van der Waals surface area (Å²) in [6.07, 6.45) is 11.1. The Morgan fingerprint density at radius 1 is 1.17 bits per heavy atom. The van der Waals surface area contributed by atoms with Crippen molar-refractivity contribution in [2.24, 2.45) is 11.5 Å². The summed E-state index contributed by atoms with van der Waals surface area (Å²) in [5.74, 6) is -0.500. The van der Waals surface area contributed by atoms with Gasteiger partial charge in [0.25, 0.3) is 11.8 Å².